The minimum Gasteiger partial charge on any atom is -0.396 e. The first-order chi connectivity index (χ1) is 5.24. The van der Waals surface area contributed by atoms with Crippen molar-refractivity contribution >= 4 is 0 Å². The van der Waals surface area contributed by atoms with Gasteiger partial charge in [-0.2, -0.15) is 0 Å². The van der Waals surface area contributed by atoms with Crippen LogP contribution in [0.2, 0.25) is 0 Å². The molecule has 0 bridgehead atoms. The van der Waals surface area contributed by atoms with Crippen LogP contribution in [0.3, 0.4) is 0 Å². The Hall–Kier alpha value is -0.0400. The molecular weight excluding hydrogens is 136 g/mol. The van der Waals surface area contributed by atoms with Crippen LogP contribution < -0.4 is 0 Å². The van der Waals surface area contributed by atoms with Gasteiger partial charge in [-0.15, -0.1) is 0 Å². The van der Waals surface area contributed by atoms with Crippen molar-refractivity contribution in [2.75, 3.05) is 6.61 Å². The third-order valence-corrected chi connectivity index (χ3v) is 2.39. The molecule has 2 unspecified atom stereocenters. The smallest absolute Gasteiger partial charge is 0.0433 e. The predicted octanol–water partition coefficient (Wildman–Crippen LogP) is 2.26. The number of hydrogen-bond acceptors (Lipinski definition) is 1. The highest BCUT2D eigenvalue weighted by molar-refractivity contribution is 4.95. The van der Waals surface area contributed by atoms with Gasteiger partial charge in [0, 0.05) is 6.61 Å². The first-order valence-corrected chi connectivity index (χ1v) is 4.68. The minimum absolute atomic E-state index is 0.372. The van der Waals surface area contributed by atoms with Crippen LogP contribution in [0, 0.1) is 24.2 Å². The van der Waals surface area contributed by atoms with Crippen LogP contribution >= 0.6 is 0 Å². The topological polar surface area (TPSA) is 20.2 Å². The van der Waals surface area contributed by atoms with Gasteiger partial charge in [0.2, 0.25) is 0 Å². The molecule has 1 fully saturated rings. The fourth-order valence-electron chi connectivity index (χ4n) is 1.50. The van der Waals surface area contributed by atoms with Crippen molar-refractivity contribution in [1.29, 1.82) is 0 Å². The summed E-state index contributed by atoms with van der Waals surface area (Å²) in [5.41, 5.74) is 0. The van der Waals surface area contributed by atoms with Crippen LogP contribution in [0.1, 0.15) is 33.1 Å². The highest BCUT2D eigenvalue weighted by Crippen LogP contribution is 2.44. The van der Waals surface area contributed by atoms with Crippen molar-refractivity contribution in [3.63, 3.8) is 0 Å². The largest absolute Gasteiger partial charge is 0.396 e. The van der Waals surface area contributed by atoms with E-state index in [4.69, 9.17) is 5.11 Å². The zero-order valence-electron chi connectivity index (χ0n) is 7.59. The zero-order valence-corrected chi connectivity index (χ0v) is 7.59. The number of rotatable bonds is 5. The van der Waals surface area contributed by atoms with Crippen LogP contribution in [0.5, 0.6) is 0 Å². The van der Waals surface area contributed by atoms with E-state index in [1.807, 2.05) is 0 Å². The van der Waals surface area contributed by atoms with Crippen molar-refractivity contribution in [1.82, 2.24) is 0 Å². The summed E-state index contributed by atoms with van der Waals surface area (Å²) in [7, 11) is 0. The quantitative estimate of drug-likeness (QED) is 0.645. The molecule has 1 radical (unpaired) electrons. The van der Waals surface area contributed by atoms with E-state index < -0.39 is 0 Å². The number of hydrogen-bond donors (Lipinski definition) is 1. The summed E-state index contributed by atoms with van der Waals surface area (Å²) in [5.74, 6) is 2.45. The van der Waals surface area contributed by atoms with E-state index >= 15 is 0 Å². The zero-order chi connectivity index (χ0) is 8.27. The molecule has 1 nitrogen and oxygen atoms in total. The maximum absolute atomic E-state index is 8.66. The Labute approximate surface area is 69.8 Å². The highest BCUT2D eigenvalue weighted by Gasteiger charge is 2.35. The second-order valence-corrected chi connectivity index (χ2v) is 4.04. The van der Waals surface area contributed by atoms with Gasteiger partial charge in [-0.1, -0.05) is 13.8 Å². The van der Waals surface area contributed by atoms with Crippen molar-refractivity contribution in [2.24, 2.45) is 17.8 Å². The first-order valence-electron chi connectivity index (χ1n) is 4.68. The second kappa shape index (κ2) is 4.10. The lowest BCUT2D eigenvalue weighted by Gasteiger charge is -2.02. The third-order valence-electron chi connectivity index (χ3n) is 2.39. The molecule has 0 aromatic rings. The Morgan fingerprint density at radius 2 is 2.27 bits per heavy atom. The van der Waals surface area contributed by atoms with E-state index in [1.54, 1.807) is 0 Å². The molecule has 1 rings (SSSR count). The first kappa shape index (κ1) is 9.05. The van der Waals surface area contributed by atoms with E-state index in [9.17, 15) is 0 Å². The molecule has 11 heavy (non-hydrogen) atoms. The molecule has 1 saturated carbocycles. The lowest BCUT2D eigenvalue weighted by atomic mass is 10.0. The fourth-order valence-corrected chi connectivity index (χ4v) is 1.50. The standard InChI is InChI=1S/C10H19O/c1-8(2)3-4-9-7-10(9)5-6-11/h4,8-11H,3,5-7H2,1-2H3. The summed E-state index contributed by atoms with van der Waals surface area (Å²) in [6.07, 6.45) is 6.02. The Morgan fingerprint density at radius 3 is 2.82 bits per heavy atom. The van der Waals surface area contributed by atoms with Gasteiger partial charge in [0.25, 0.3) is 0 Å². The fraction of sp³-hybridized carbons (Fsp3) is 0.900. The molecule has 2 atom stereocenters. The Bertz CT molecular complexity index is 109. The lowest BCUT2D eigenvalue weighted by molar-refractivity contribution is 0.277. The normalized spacial score (nSPS) is 29.5. The number of aliphatic hydroxyl groups excluding tert-OH is 1. The summed E-state index contributed by atoms with van der Waals surface area (Å²) in [5, 5.41) is 8.66. The molecule has 1 heteroatoms. The van der Waals surface area contributed by atoms with Crippen molar-refractivity contribution in [3.05, 3.63) is 6.42 Å². The van der Waals surface area contributed by atoms with E-state index in [1.165, 1.54) is 12.8 Å². The summed E-state index contributed by atoms with van der Waals surface area (Å²) in [6, 6.07) is 0. The third kappa shape index (κ3) is 3.24. The monoisotopic (exact) mass is 155 g/mol. The van der Waals surface area contributed by atoms with Crippen LogP contribution in [0.4, 0.5) is 0 Å². The van der Waals surface area contributed by atoms with Crippen LogP contribution in [0.15, 0.2) is 0 Å². The molecular formula is C10H19O. The highest BCUT2D eigenvalue weighted by atomic mass is 16.3. The van der Waals surface area contributed by atoms with Gasteiger partial charge in [-0.3, -0.25) is 0 Å². The Kier molecular flexibility index (Phi) is 3.38. The van der Waals surface area contributed by atoms with E-state index in [0.29, 0.717) is 6.61 Å². The second-order valence-electron chi connectivity index (χ2n) is 4.04. The van der Waals surface area contributed by atoms with Crippen LogP contribution in [-0.2, 0) is 0 Å². The molecule has 0 heterocycles. The van der Waals surface area contributed by atoms with Gasteiger partial charge in [0.1, 0.15) is 0 Å². The molecule has 65 valence electrons. The van der Waals surface area contributed by atoms with Crippen molar-refractivity contribution in [2.45, 2.75) is 33.1 Å². The Balaban J connectivity index is 1.95. The maximum atomic E-state index is 8.66. The van der Waals surface area contributed by atoms with Gasteiger partial charge in [-0.05, 0) is 43.4 Å². The van der Waals surface area contributed by atoms with Gasteiger partial charge >= 0.3 is 0 Å². The van der Waals surface area contributed by atoms with E-state index in [-0.39, 0.29) is 0 Å². The molecule has 0 aromatic carbocycles. The molecule has 0 aliphatic heterocycles. The molecule has 0 saturated heterocycles. The number of aliphatic hydroxyl groups is 1. The maximum Gasteiger partial charge on any atom is 0.0433 e. The van der Waals surface area contributed by atoms with Gasteiger partial charge in [0.15, 0.2) is 0 Å². The molecule has 0 aromatic heterocycles. The van der Waals surface area contributed by atoms with Crippen LogP contribution in [-0.4, -0.2) is 11.7 Å². The van der Waals surface area contributed by atoms with Crippen molar-refractivity contribution in [3.8, 4) is 0 Å². The molecule has 0 spiro atoms. The molecule has 1 N–H and O–H groups in total. The minimum atomic E-state index is 0.372. The van der Waals surface area contributed by atoms with Gasteiger partial charge in [0.05, 0.1) is 0 Å². The Morgan fingerprint density at radius 1 is 1.55 bits per heavy atom. The summed E-state index contributed by atoms with van der Waals surface area (Å²) in [6.45, 7) is 4.87. The lowest BCUT2D eigenvalue weighted by Crippen LogP contribution is -1.92. The summed E-state index contributed by atoms with van der Waals surface area (Å²) >= 11 is 0. The summed E-state index contributed by atoms with van der Waals surface area (Å²) in [4.78, 5) is 0. The predicted molar refractivity (Wildman–Crippen MR) is 47.1 cm³/mol. The SMILES string of the molecule is CC(C)C[CH]C1CC1CCO. The summed E-state index contributed by atoms with van der Waals surface area (Å²) < 4.78 is 0. The molecule has 1 aliphatic carbocycles. The van der Waals surface area contributed by atoms with Gasteiger partial charge in [-0.25, -0.2) is 0 Å². The average Bonchev–Trinajstić information content (AvgIpc) is 2.64. The van der Waals surface area contributed by atoms with Crippen LogP contribution in [0.25, 0.3) is 0 Å². The van der Waals surface area contributed by atoms with Crippen molar-refractivity contribution < 1.29 is 5.11 Å². The van der Waals surface area contributed by atoms with E-state index in [0.717, 1.165) is 24.2 Å². The average molecular weight is 155 g/mol. The molecule has 0 amide bonds. The molecule has 1 aliphatic rings. The van der Waals surface area contributed by atoms with Gasteiger partial charge < -0.3 is 5.11 Å². The van der Waals surface area contributed by atoms with E-state index in [2.05, 4.69) is 20.3 Å².